The van der Waals surface area contributed by atoms with E-state index >= 15 is 0 Å². The van der Waals surface area contributed by atoms with Crippen LogP contribution >= 0.6 is 0 Å². The zero-order chi connectivity index (χ0) is 18.0. The molecule has 8 heteroatoms. The topological polar surface area (TPSA) is 97.1 Å². The van der Waals surface area contributed by atoms with Crippen molar-refractivity contribution < 1.29 is 13.9 Å². The highest BCUT2D eigenvalue weighted by atomic mass is 16.5. The number of oxazole rings is 1. The van der Waals surface area contributed by atoms with Crippen LogP contribution in [0.15, 0.2) is 10.6 Å². The molecule has 0 saturated carbocycles. The highest BCUT2D eigenvalue weighted by Gasteiger charge is 2.28. The molecule has 1 fully saturated rings. The van der Waals surface area contributed by atoms with Gasteiger partial charge in [0.1, 0.15) is 17.7 Å². The highest BCUT2D eigenvalue weighted by molar-refractivity contribution is 5.76. The minimum Gasteiger partial charge on any atom is -0.445 e. The normalized spacial score (nSPS) is 18.6. The number of nitrogens with one attached hydrogen (secondary N) is 1. The molecule has 1 aliphatic heterocycles. The van der Waals surface area contributed by atoms with Crippen LogP contribution < -0.4 is 0 Å². The van der Waals surface area contributed by atoms with E-state index in [-0.39, 0.29) is 17.4 Å². The van der Waals surface area contributed by atoms with Crippen molar-refractivity contribution in [2.75, 3.05) is 19.7 Å². The van der Waals surface area contributed by atoms with Crippen molar-refractivity contribution in [3.05, 3.63) is 29.5 Å². The van der Waals surface area contributed by atoms with Gasteiger partial charge in [0.05, 0.1) is 19.3 Å². The molecule has 3 heterocycles. The molecule has 0 radical (unpaired) electrons. The fourth-order valence-electron chi connectivity index (χ4n) is 2.68. The number of aromatic amines is 1. The molecule has 8 nitrogen and oxygen atoms in total. The van der Waals surface area contributed by atoms with Gasteiger partial charge in [-0.3, -0.25) is 9.89 Å². The number of nitrogens with zero attached hydrogens (tertiary/aromatic N) is 4. The van der Waals surface area contributed by atoms with Crippen LogP contribution in [0.2, 0.25) is 0 Å². The third-order valence-electron chi connectivity index (χ3n) is 4.17. The maximum absolute atomic E-state index is 12.5. The molecule has 1 N–H and O–H groups in total. The van der Waals surface area contributed by atoms with Gasteiger partial charge in [-0.2, -0.15) is 5.10 Å². The van der Waals surface area contributed by atoms with Crippen molar-refractivity contribution in [2.24, 2.45) is 0 Å². The summed E-state index contributed by atoms with van der Waals surface area (Å²) in [6.45, 7) is 9.58. The van der Waals surface area contributed by atoms with Crippen LogP contribution in [-0.2, 0) is 21.4 Å². The van der Waals surface area contributed by atoms with Gasteiger partial charge in [0.25, 0.3) is 0 Å². The molecule has 0 aliphatic carbocycles. The molecule has 1 atom stereocenters. The van der Waals surface area contributed by atoms with Crippen LogP contribution in [0.3, 0.4) is 0 Å². The molecule has 2 aromatic heterocycles. The summed E-state index contributed by atoms with van der Waals surface area (Å²) in [5, 5.41) is 6.93. The number of aryl methyl sites for hydroxylation is 2. The van der Waals surface area contributed by atoms with Gasteiger partial charge in [0.15, 0.2) is 11.7 Å². The number of carbonyl (C=O) groups is 1. The molecule has 0 aromatic carbocycles. The van der Waals surface area contributed by atoms with Crippen molar-refractivity contribution in [1.82, 2.24) is 25.1 Å². The number of amides is 1. The van der Waals surface area contributed by atoms with Crippen molar-refractivity contribution >= 4 is 5.91 Å². The van der Waals surface area contributed by atoms with Gasteiger partial charge < -0.3 is 14.1 Å². The van der Waals surface area contributed by atoms with Crippen molar-refractivity contribution in [1.29, 1.82) is 0 Å². The van der Waals surface area contributed by atoms with Crippen LogP contribution in [0.1, 0.15) is 56.6 Å². The van der Waals surface area contributed by atoms with E-state index < -0.39 is 0 Å². The average molecular weight is 347 g/mol. The Bertz CT molecular complexity index is 731. The van der Waals surface area contributed by atoms with Crippen molar-refractivity contribution in [3.63, 3.8) is 0 Å². The first-order chi connectivity index (χ1) is 11.8. The summed E-state index contributed by atoms with van der Waals surface area (Å²) in [5.41, 5.74) is -0.0820. The van der Waals surface area contributed by atoms with E-state index in [1.165, 1.54) is 0 Å². The number of H-pyrrole nitrogens is 1. The monoisotopic (exact) mass is 347 g/mol. The van der Waals surface area contributed by atoms with E-state index in [2.05, 4.69) is 40.9 Å². The lowest BCUT2D eigenvalue weighted by Crippen LogP contribution is -2.42. The van der Waals surface area contributed by atoms with E-state index in [0.717, 1.165) is 11.6 Å². The second-order valence-electron chi connectivity index (χ2n) is 7.35. The lowest BCUT2D eigenvalue weighted by molar-refractivity contribution is -0.139. The quantitative estimate of drug-likeness (QED) is 0.908. The summed E-state index contributed by atoms with van der Waals surface area (Å²) in [4.78, 5) is 22.9. The van der Waals surface area contributed by atoms with Crippen molar-refractivity contribution in [3.8, 4) is 0 Å². The molecular formula is C17H25N5O3. The van der Waals surface area contributed by atoms with Gasteiger partial charge in [-0.05, 0) is 6.92 Å². The molecule has 1 saturated heterocycles. The first-order valence-corrected chi connectivity index (χ1v) is 8.56. The molecule has 0 unspecified atom stereocenters. The summed E-state index contributed by atoms with van der Waals surface area (Å²) in [6, 6.07) is 0. The second-order valence-corrected chi connectivity index (χ2v) is 7.35. The maximum Gasteiger partial charge on any atom is 0.223 e. The van der Waals surface area contributed by atoms with E-state index in [0.29, 0.717) is 44.3 Å². The zero-order valence-electron chi connectivity index (χ0n) is 15.2. The van der Waals surface area contributed by atoms with Gasteiger partial charge in [-0.25, -0.2) is 9.97 Å². The Morgan fingerprint density at radius 2 is 2.24 bits per heavy atom. The molecule has 1 aliphatic rings. The summed E-state index contributed by atoms with van der Waals surface area (Å²) in [5.74, 6) is 2.84. The van der Waals surface area contributed by atoms with Crippen LogP contribution in [-0.4, -0.2) is 50.7 Å². The summed E-state index contributed by atoms with van der Waals surface area (Å²) < 4.78 is 11.4. The van der Waals surface area contributed by atoms with Gasteiger partial charge >= 0.3 is 0 Å². The molecule has 0 bridgehead atoms. The number of carbonyl (C=O) groups excluding carboxylic acids is 1. The third-order valence-corrected chi connectivity index (χ3v) is 4.17. The van der Waals surface area contributed by atoms with Crippen LogP contribution in [0.4, 0.5) is 0 Å². The average Bonchev–Trinajstić information content (AvgIpc) is 3.21. The minimum atomic E-state index is -0.281. The van der Waals surface area contributed by atoms with Crippen LogP contribution in [0, 0.1) is 6.92 Å². The lowest BCUT2D eigenvalue weighted by atomic mass is 9.94. The maximum atomic E-state index is 12.5. The van der Waals surface area contributed by atoms with E-state index in [9.17, 15) is 4.79 Å². The minimum absolute atomic E-state index is 0.0658. The first-order valence-electron chi connectivity index (χ1n) is 8.56. The molecule has 25 heavy (non-hydrogen) atoms. The van der Waals surface area contributed by atoms with Crippen LogP contribution in [0.25, 0.3) is 0 Å². The molecule has 0 spiro atoms. The van der Waals surface area contributed by atoms with Crippen molar-refractivity contribution in [2.45, 2.75) is 52.1 Å². The summed E-state index contributed by atoms with van der Waals surface area (Å²) in [7, 11) is 0. The Morgan fingerprint density at radius 1 is 1.44 bits per heavy atom. The largest absolute Gasteiger partial charge is 0.445 e. The van der Waals surface area contributed by atoms with E-state index in [4.69, 9.17) is 9.15 Å². The second kappa shape index (κ2) is 6.95. The van der Waals surface area contributed by atoms with Gasteiger partial charge in [-0.1, -0.05) is 20.8 Å². The predicted molar refractivity (Wildman–Crippen MR) is 89.9 cm³/mol. The Kier molecular flexibility index (Phi) is 4.89. The van der Waals surface area contributed by atoms with E-state index in [1.807, 2.05) is 6.92 Å². The first kappa shape index (κ1) is 17.6. The fourth-order valence-corrected chi connectivity index (χ4v) is 2.68. The van der Waals surface area contributed by atoms with Gasteiger partial charge in [0, 0.05) is 24.8 Å². The Hall–Kier alpha value is -2.22. The number of hydrogen-bond acceptors (Lipinski definition) is 6. The number of morpholine rings is 1. The van der Waals surface area contributed by atoms with Crippen LogP contribution in [0.5, 0.6) is 0 Å². The smallest absolute Gasteiger partial charge is 0.223 e. The molecule has 3 rings (SSSR count). The number of aromatic nitrogens is 4. The predicted octanol–water partition coefficient (Wildman–Crippen LogP) is 1.93. The molecule has 1 amide bonds. The molecule has 136 valence electrons. The standard InChI is InChI=1S/C17H25N5O3/c1-11-19-16(21-20-11)12-10-22(7-8-24-12)15(23)6-5-14-18-9-13(25-14)17(2,3)4/h9,12H,5-8,10H2,1-4H3,(H,19,20,21)/t12-/m0/s1. The third kappa shape index (κ3) is 4.25. The number of rotatable bonds is 4. The Labute approximate surface area is 147 Å². The van der Waals surface area contributed by atoms with E-state index in [1.54, 1.807) is 11.1 Å². The zero-order valence-corrected chi connectivity index (χ0v) is 15.2. The van der Waals surface area contributed by atoms with Gasteiger partial charge in [0.2, 0.25) is 5.91 Å². The number of ether oxygens (including phenoxy) is 1. The highest BCUT2D eigenvalue weighted by Crippen LogP contribution is 2.23. The van der Waals surface area contributed by atoms with Gasteiger partial charge in [-0.15, -0.1) is 0 Å². The summed E-state index contributed by atoms with van der Waals surface area (Å²) >= 11 is 0. The Morgan fingerprint density at radius 3 is 2.88 bits per heavy atom. The lowest BCUT2D eigenvalue weighted by Gasteiger charge is -2.31. The number of hydrogen-bond donors (Lipinski definition) is 1. The molecular weight excluding hydrogens is 322 g/mol. The summed E-state index contributed by atoms with van der Waals surface area (Å²) in [6.07, 6.45) is 2.33. The SMILES string of the molecule is Cc1nc([C@@H]2CN(C(=O)CCc3ncc(C(C)(C)C)o3)CCO2)n[nH]1. The fraction of sp³-hybridized carbons (Fsp3) is 0.647. The molecule has 2 aromatic rings. The Balaban J connectivity index is 1.55.